The molecule has 12 heavy (non-hydrogen) atoms. The topological polar surface area (TPSA) is 42.7 Å². The van der Waals surface area contributed by atoms with Crippen LogP contribution in [0, 0.1) is 5.41 Å². The molecular weight excluding hydrogens is 152 g/mol. The van der Waals surface area contributed by atoms with Crippen LogP contribution in [0.4, 0.5) is 0 Å². The van der Waals surface area contributed by atoms with Gasteiger partial charge in [0.25, 0.3) is 0 Å². The molecule has 64 valence electrons. The number of aryl methyl sites for hydroxylation is 1. The molecule has 0 saturated carbocycles. The molecule has 0 aromatic carbocycles. The molecule has 2 aliphatic heterocycles. The minimum atomic E-state index is 0.537. The first-order valence-electron chi connectivity index (χ1n) is 4.45. The molecule has 3 rings (SSSR count). The number of nitrogens with zero attached hydrogens (tertiary/aromatic N) is 3. The molecule has 0 atom stereocenters. The summed E-state index contributed by atoms with van der Waals surface area (Å²) in [5.74, 6) is 1.16. The van der Waals surface area contributed by atoms with Crippen molar-refractivity contribution in [3.63, 3.8) is 0 Å². The van der Waals surface area contributed by atoms with E-state index in [2.05, 4.69) is 20.1 Å². The molecule has 4 heteroatoms. The Kier molecular flexibility index (Phi) is 1.14. The van der Waals surface area contributed by atoms with E-state index in [4.69, 9.17) is 0 Å². The summed E-state index contributed by atoms with van der Waals surface area (Å²) in [4.78, 5) is 0. The monoisotopic (exact) mass is 164 g/mol. The Labute approximate surface area is 71.0 Å². The standard InChI is InChI=1S/C8H12N4/c1-2-8(3-9-4-8)5-12-6-10-11-7(1)12/h6,9H,1-5H2. The molecule has 0 aliphatic carbocycles. The smallest absolute Gasteiger partial charge is 0.132 e. The van der Waals surface area contributed by atoms with Gasteiger partial charge >= 0.3 is 0 Å². The third-order valence-corrected chi connectivity index (χ3v) is 3.08. The van der Waals surface area contributed by atoms with Crippen LogP contribution in [0.5, 0.6) is 0 Å². The molecule has 2 aliphatic rings. The van der Waals surface area contributed by atoms with Gasteiger partial charge in [0.1, 0.15) is 12.2 Å². The van der Waals surface area contributed by atoms with Crippen molar-refractivity contribution in [2.24, 2.45) is 5.41 Å². The van der Waals surface area contributed by atoms with E-state index in [-0.39, 0.29) is 0 Å². The minimum absolute atomic E-state index is 0.537. The number of nitrogens with one attached hydrogen (secondary N) is 1. The predicted molar refractivity (Wildman–Crippen MR) is 43.6 cm³/mol. The SMILES string of the molecule is c1nnc2n1CC1(CC2)CNC1. The van der Waals surface area contributed by atoms with Crippen molar-refractivity contribution in [1.82, 2.24) is 20.1 Å². The third-order valence-electron chi connectivity index (χ3n) is 3.08. The van der Waals surface area contributed by atoms with Gasteiger partial charge in [-0.1, -0.05) is 0 Å². The summed E-state index contributed by atoms with van der Waals surface area (Å²) < 4.78 is 2.20. The molecule has 1 saturated heterocycles. The van der Waals surface area contributed by atoms with Crippen molar-refractivity contribution >= 4 is 0 Å². The summed E-state index contributed by atoms with van der Waals surface area (Å²) in [6.07, 6.45) is 4.23. The van der Waals surface area contributed by atoms with Crippen molar-refractivity contribution < 1.29 is 0 Å². The Morgan fingerprint density at radius 1 is 1.50 bits per heavy atom. The zero-order valence-electron chi connectivity index (χ0n) is 6.95. The lowest BCUT2D eigenvalue weighted by atomic mass is 9.76. The van der Waals surface area contributed by atoms with Crippen LogP contribution in [0.3, 0.4) is 0 Å². The molecule has 1 aromatic rings. The van der Waals surface area contributed by atoms with Crippen LogP contribution in [0.1, 0.15) is 12.2 Å². The quantitative estimate of drug-likeness (QED) is 0.578. The Hall–Kier alpha value is -0.900. The van der Waals surface area contributed by atoms with Crippen LogP contribution in [-0.4, -0.2) is 27.9 Å². The van der Waals surface area contributed by atoms with Gasteiger partial charge < -0.3 is 9.88 Å². The summed E-state index contributed by atoms with van der Waals surface area (Å²) in [6.45, 7) is 3.46. The van der Waals surface area contributed by atoms with Crippen molar-refractivity contribution in [1.29, 1.82) is 0 Å². The molecule has 4 nitrogen and oxygen atoms in total. The van der Waals surface area contributed by atoms with Gasteiger partial charge in [0, 0.05) is 31.5 Å². The number of hydrogen-bond donors (Lipinski definition) is 1. The highest BCUT2D eigenvalue weighted by molar-refractivity contribution is 5.02. The van der Waals surface area contributed by atoms with E-state index in [1.807, 2.05) is 6.33 Å². The average molecular weight is 164 g/mol. The van der Waals surface area contributed by atoms with Gasteiger partial charge in [-0.25, -0.2) is 0 Å². The van der Waals surface area contributed by atoms with Gasteiger partial charge in [0.05, 0.1) is 0 Å². The van der Waals surface area contributed by atoms with Crippen LogP contribution in [-0.2, 0) is 13.0 Å². The van der Waals surface area contributed by atoms with E-state index >= 15 is 0 Å². The van der Waals surface area contributed by atoms with Gasteiger partial charge in [-0.3, -0.25) is 0 Å². The van der Waals surface area contributed by atoms with Gasteiger partial charge in [-0.05, 0) is 6.42 Å². The van der Waals surface area contributed by atoms with Crippen LogP contribution in [0.2, 0.25) is 0 Å². The van der Waals surface area contributed by atoms with Gasteiger partial charge in [0.2, 0.25) is 0 Å². The van der Waals surface area contributed by atoms with E-state index in [1.165, 1.54) is 19.5 Å². The van der Waals surface area contributed by atoms with E-state index in [9.17, 15) is 0 Å². The second kappa shape index (κ2) is 2.07. The first kappa shape index (κ1) is 6.60. The summed E-state index contributed by atoms with van der Waals surface area (Å²) in [7, 11) is 0. The van der Waals surface area contributed by atoms with Gasteiger partial charge in [0.15, 0.2) is 0 Å². The van der Waals surface area contributed by atoms with Crippen LogP contribution < -0.4 is 5.32 Å². The average Bonchev–Trinajstić information content (AvgIpc) is 2.46. The Balaban J connectivity index is 1.93. The molecule has 0 radical (unpaired) electrons. The lowest BCUT2D eigenvalue weighted by molar-refractivity contribution is 0.106. The van der Waals surface area contributed by atoms with E-state index in [1.54, 1.807) is 0 Å². The summed E-state index contributed by atoms with van der Waals surface area (Å²) in [5, 5.41) is 11.3. The molecule has 1 spiro atoms. The zero-order valence-corrected chi connectivity index (χ0v) is 6.95. The fourth-order valence-electron chi connectivity index (χ4n) is 2.19. The zero-order chi connectivity index (χ0) is 8.02. The molecule has 0 amide bonds. The second-order valence-electron chi connectivity index (χ2n) is 3.98. The summed E-state index contributed by atoms with van der Waals surface area (Å²) in [6, 6.07) is 0. The second-order valence-corrected chi connectivity index (χ2v) is 3.98. The highest BCUT2D eigenvalue weighted by Crippen LogP contribution is 2.34. The maximum Gasteiger partial charge on any atom is 0.132 e. The molecule has 1 fully saturated rings. The van der Waals surface area contributed by atoms with Gasteiger partial charge in [-0.15, -0.1) is 10.2 Å². The first-order valence-corrected chi connectivity index (χ1v) is 4.45. The van der Waals surface area contributed by atoms with E-state index < -0.39 is 0 Å². The lowest BCUT2D eigenvalue weighted by Crippen LogP contribution is -2.57. The highest BCUT2D eigenvalue weighted by Gasteiger charge is 2.40. The number of fused-ring (bicyclic) bond motifs is 1. The summed E-state index contributed by atoms with van der Waals surface area (Å²) >= 11 is 0. The molecule has 0 bridgehead atoms. The largest absolute Gasteiger partial charge is 0.317 e. The molecular formula is C8H12N4. The Morgan fingerprint density at radius 3 is 3.17 bits per heavy atom. The number of rotatable bonds is 0. The predicted octanol–water partition coefficient (Wildman–Crippen LogP) is -0.186. The Bertz CT molecular complexity index is 300. The Morgan fingerprint density at radius 2 is 2.42 bits per heavy atom. The lowest BCUT2D eigenvalue weighted by Gasteiger charge is -2.45. The maximum absolute atomic E-state index is 4.07. The molecule has 1 aromatic heterocycles. The van der Waals surface area contributed by atoms with Crippen molar-refractivity contribution in [2.45, 2.75) is 19.4 Å². The molecule has 3 heterocycles. The van der Waals surface area contributed by atoms with E-state index in [0.717, 1.165) is 18.8 Å². The fraction of sp³-hybridized carbons (Fsp3) is 0.750. The van der Waals surface area contributed by atoms with Crippen LogP contribution >= 0.6 is 0 Å². The maximum atomic E-state index is 4.07. The highest BCUT2D eigenvalue weighted by atomic mass is 15.3. The molecule has 0 unspecified atom stereocenters. The van der Waals surface area contributed by atoms with Crippen molar-refractivity contribution in [3.8, 4) is 0 Å². The van der Waals surface area contributed by atoms with Crippen LogP contribution in [0.15, 0.2) is 6.33 Å². The summed E-state index contributed by atoms with van der Waals surface area (Å²) in [5.41, 5.74) is 0.537. The fourth-order valence-corrected chi connectivity index (χ4v) is 2.19. The minimum Gasteiger partial charge on any atom is -0.317 e. The normalized spacial score (nSPS) is 25.0. The first-order chi connectivity index (χ1) is 5.88. The van der Waals surface area contributed by atoms with Gasteiger partial charge in [-0.2, -0.15) is 0 Å². The molecule has 1 N–H and O–H groups in total. The number of aromatic nitrogens is 3. The van der Waals surface area contributed by atoms with Crippen LogP contribution in [0.25, 0.3) is 0 Å². The van der Waals surface area contributed by atoms with Crippen molar-refractivity contribution in [3.05, 3.63) is 12.2 Å². The van der Waals surface area contributed by atoms with E-state index in [0.29, 0.717) is 5.41 Å². The number of hydrogen-bond acceptors (Lipinski definition) is 3. The van der Waals surface area contributed by atoms with Crippen molar-refractivity contribution in [2.75, 3.05) is 13.1 Å². The third kappa shape index (κ3) is 0.756.